The average molecular weight is 203 g/mol. The SMILES string of the molecule is COCCNC(=O)CCNCC(N)=O. The molecule has 0 aliphatic carbocycles. The smallest absolute Gasteiger partial charge is 0.231 e. The van der Waals surface area contributed by atoms with Gasteiger partial charge in [0, 0.05) is 26.6 Å². The molecule has 0 rings (SSSR count). The molecule has 4 N–H and O–H groups in total. The van der Waals surface area contributed by atoms with Gasteiger partial charge in [0.2, 0.25) is 11.8 Å². The van der Waals surface area contributed by atoms with Crippen LogP contribution in [-0.2, 0) is 14.3 Å². The summed E-state index contributed by atoms with van der Waals surface area (Å²) in [6.45, 7) is 1.55. The van der Waals surface area contributed by atoms with Gasteiger partial charge in [-0.1, -0.05) is 0 Å². The molecule has 0 bridgehead atoms. The van der Waals surface area contributed by atoms with Gasteiger partial charge in [-0.05, 0) is 0 Å². The highest BCUT2D eigenvalue weighted by atomic mass is 16.5. The Labute approximate surface area is 83.2 Å². The molecule has 14 heavy (non-hydrogen) atoms. The fraction of sp³-hybridized carbons (Fsp3) is 0.750. The number of hydrogen-bond donors (Lipinski definition) is 3. The Bertz CT molecular complexity index is 185. The second-order valence-electron chi connectivity index (χ2n) is 2.74. The molecule has 0 aromatic heterocycles. The van der Waals surface area contributed by atoms with Gasteiger partial charge in [0.05, 0.1) is 13.2 Å². The Morgan fingerprint density at radius 1 is 1.36 bits per heavy atom. The highest BCUT2D eigenvalue weighted by Gasteiger charge is 1.99. The fourth-order valence-corrected chi connectivity index (χ4v) is 0.794. The van der Waals surface area contributed by atoms with E-state index in [4.69, 9.17) is 10.5 Å². The second kappa shape index (κ2) is 8.46. The minimum Gasteiger partial charge on any atom is -0.383 e. The van der Waals surface area contributed by atoms with E-state index in [1.807, 2.05) is 0 Å². The lowest BCUT2D eigenvalue weighted by Gasteiger charge is -2.04. The number of ether oxygens (including phenoxy) is 1. The van der Waals surface area contributed by atoms with Crippen molar-refractivity contribution in [2.75, 3.05) is 33.4 Å². The van der Waals surface area contributed by atoms with Crippen LogP contribution in [0, 0.1) is 0 Å². The van der Waals surface area contributed by atoms with Crippen LogP contribution in [0.2, 0.25) is 0 Å². The van der Waals surface area contributed by atoms with E-state index < -0.39 is 5.91 Å². The van der Waals surface area contributed by atoms with E-state index in [1.165, 1.54) is 0 Å². The number of rotatable bonds is 8. The molecule has 0 aromatic rings. The Morgan fingerprint density at radius 3 is 2.64 bits per heavy atom. The van der Waals surface area contributed by atoms with Crippen LogP contribution in [0.1, 0.15) is 6.42 Å². The van der Waals surface area contributed by atoms with Crippen LogP contribution < -0.4 is 16.4 Å². The van der Waals surface area contributed by atoms with Crippen LogP contribution in [0.15, 0.2) is 0 Å². The maximum Gasteiger partial charge on any atom is 0.231 e. The van der Waals surface area contributed by atoms with Gasteiger partial charge in [0.1, 0.15) is 0 Å². The van der Waals surface area contributed by atoms with Gasteiger partial charge in [-0.25, -0.2) is 0 Å². The minimum absolute atomic E-state index is 0.0704. The first-order valence-electron chi connectivity index (χ1n) is 4.41. The van der Waals surface area contributed by atoms with E-state index in [-0.39, 0.29) is 12.5 Å². The zero-order valence-corrected chi connectivity index (χ0v) is 8.34. The van der Waals surface area contributed by atoms with Crippen molar-refractivity contribution in [1.29, 1.82) is 0 Å². The zero-order chi connectivity index (χ0) is 10.8. The quantitative estimate of drug-likeness (QED) is 0.406. The predicted octanol–water partition coefficient (Wildman–Crippen LogP) is -1.79. The molecular weight excluding hydrogens is 186 g/mol. The van der Waals surface area contributed by atoms with Gasteiger partial charge in [-0.2, -0.15) is 0 Å². The van der Waals surface area contributed by atoms with Gasteiger partial charge in [-0.3, -0.25) is 9.59 Å². The fourth-order valence-electron chi connectivity index (χ4n) is 0.794. The molecule has 6 nitrogen and oxygen atoms in total. The number of carbonyl (C=O) groups excluding carboxylic acids is 2. The Kier molecular flexibility index (Phi) is 7.77. The highest BCUT2D eigenvalue weighted by Crippen LogP contribution is 1.76. The number of carbonyl (C=O) groups is 2. The van der Waals surface area contributed by atoms with Crippen molar-refractivity contribution >= 4 is 11.8 Å². The van der Waals surface area contributed by atoms with Crippen molar-refractivity contribution in [3.05, 3.63) is 0 Å². The van der Waals surface area contributed by atoms with Gasteiger partial charge in [0.25, 0.3) is 0 Å². The van der Waals surface area contributed by atoms with Crippen molar-refractivity contribution in [3.63, 3.8) is 0 Å². The van der Waals surface area contributed by atoms with Crippen LogP contribution in [0.5, 0.6) is 0 Å². The molecule has 0 heterocycles. The van der Waals surface area contributed by atoms with Crippen LogP contribution in [0.4, 0.5) is 0 Å². The van der Waals surface area contributed by atoms with Crippen molar-refractivity contribution < 1.29 is 14.3 Å². The first kappa shape index (κ1) is 12.9. The molecule has 0 saturated heterocycles. The van der Waals surface area contributed by atoms with Crippen LogP contribution in [-0.4, -0.2) is 45.2 Å². The summed E-state index contributed by atoms with van der Waals surface area (Å²) < 4.78 is 4.76. The maximum atomic E-state index is 11.0. The van der Waals surface area contributed by atoms with E-state index in [9.17, 15) is 9.59 Å². The first-order chi connectivity index (χ1) is 6.66. The summed E-state index contributed by atoms with van der Waals surface area (Å²) in [5.74, 6) is -0.496. The van der Waals surface area contributed by atoms with Gasteiger partial charge < -0.3 is 21.1 Å². The Balaban J connectivity index is 3.22. The second-order valence-corrected chi connectivity index (χ2v) is 2.74. The summed E-state index contributed by atoms with van der Waals surface area (Å²) in [6, 6.07) is 0. The molecule has 0 saturated carbocycles. The lowest BCUT2D eigenvalue weighted by Crippen LogP contribution is -2.33. The Hall–Kier alpha value is -1.14. The molecule has 0 aromatic carbocycles. The number of methoxy groups -OCH3 is 1. The third-order valence-corrected chi connectivity index (χ3v) is 1.46. The topological polar surface area (TPSA) is 93.4 Å². The van der Waals surface area contributed by atoms with E-state index >= 15 is 0 Å². The van der Waals surface area contributed by atoms with Gasteiger partial charge in [0.15, 0.2) is 0 Å². The lowest BCUT2D eigenvalue weighted by atomic mass is 10.4. The molecule has 0 aliphatic rings. The summed E-state index contributed by atoms with van der Waals surface area (Å²) in [7, 11) is 1.57. The largest absolute Gasteiger partial charge is 0.383 e. The molecule has 0 fully saturated rings. The predicted molar refractivity (Wildman–Crippen MR) is 51.6 cm³/mol. The number of nitrogens with one attached hydrogen (secondary N) is 2. The van der Waals surface area contributed by atoms with Crippen molar-refractivity contribution in [2.24, 2.45) is 5.73 Å². The lowest BCUT2D eigenvalue weighted by molar-refractivity contribution is -0.121. The van der Waals surface area contributed by atoms with Crippen molar-refractivity contribution in [2.45, 2.75) is 6.42 Å². The van der Waals surface area contributed by atoms with Gasteiger partial charge >= 0.3 is 0 Å². The van der Waals surface area contributed by atoms with E-state index in [1.54, 1.807) is 7.11 Å². The molecule has 0 spiro atoms. The monoisotopic (exact) mass is 203 g/mol. The van der Waals surface area contributed by atoms with E-state index in [0.717, 1.165) is 0 Å². The number of primary amides is 1. The first-order valence-corrected chi connectivity index (χ1v) is 4.41. The molecule has 6 heteroatoms. The highest BCUT2D eigenvalue weighted by molar-refractivity contribution is 5.77. The van der Waals surface area contributed by atoms with Crippen molar-refractivity contribution in [3.8, 4) is 0 Å². The summed E-state index contributed by atoms with van der Waals surface area (Å²) in [6.07, 6.45) is 0.330. The van der Waals surface area contributed by atoms with Crippen LogP contribution in [0.25, 0.3) is 0 Å². The molecule has 82 valence electrons. The summed E-state index contributed by atoms with van der Waals surface area (Å²) in [5.41, 5.74) is 4.89. The van der Waals surface area contributed by atoms with Crippen LogP contribution in [0.3, 0.4) is 0 Å². The number of hydrogen-bond acceptors (Lipinski definition) is 4. The summed E-state index contributed by atoms with van der Waals surface area (Å²) in [4.78, 5) is 21.3. The molecule has 0 aliphatic heterocycles. The third kappa shape index (κ3) is 8.95. The minimum atomic E-state index is -0.426. The van der Waals surface area contributed by atoms with Crippen molar-refractivity contribution in [1.82, 2.24) is 10.6 Å². The van der Waals surface area contributed by atoms with Gasteiger partial charge in [-0.15, -0.1) is 0 Å². The molecule has 0 atom stereocenters. The molecular formula is C8H17N3O3. The molecule has 0 unspecified atom stereocenters. The maximum absolute atomic E-state index is 11.0. The summed E-state index contributed by atoms with van der Waals surface area (Å²) in [5, 5.41) is 5.39. The van der Waals surface area contributed by atoms with E-state index in [2.05, 4.69) is 10.6 Å². The summed E-state index contributed by atoms with van der Waals surface area (Å²) >= 11 is 0. The third-order valence-electron chi connectivity index (χ3n) is 1.46. The van der Waals surface area contributed by atoms with Crippen LogP contribution >= 0.6 is 0 Å². The van der Waals surface area contributed by atoms with E-state index in [0.29, 0.717) is 26.1 Å². The number of nitrogens with two attached hydrogens (primary N) is 1. The average Bonchev–Trinajstić information content (AvgIpc) is 2.13. The zero-order valence-electron chi connectivity index (χ0n) is 8.34. The normalized spacial score (nSPS) is 9.79. The standard InChI is InChI=1S/C8H17N3O3/c1-14-5-4-11-8(13)2-3-10-6-7(9)12/h10H,2-6H2,1H3,(H2,9,12)(H,11,13). The molecule has 2 amide bonds. The number of amides is 2. The molecule has 0 radical (unpaired) electrons. The Morgan fingerprint density at radius 2 is 2.07 bits per heavy atom.